The summed E-state index contributed by atoms with van der Waals surface area (Å²) in [5, 5.41) is 12.6. The Bertz CT molecular complexity index is 418. The van der Waals surface area contributed by atoms with Crippen molar-refractivity contribution in [2.24, 2.45) is 0 Å². The smallest absolute Gasteiger partial charge is 0.245 e. The minimum Gasteiger partial charge on any atom is -0.358 e. The molecule has 0 atom stereocenters. The van der Waals surface area contributed by atoms with Crippen molar-refractivity contribution in [3.05, 3.63) is 10.4 Å². The zero-order valence-electron chi connectivity index (χ0n) is 9.71. The van der Waals surface area contributed by atoms with Gasteiger partial charge in [-0.25, -0.2) is 0 Å². The number of amides is 1. The van der Waals surface area contributed by atoms with Crippen LogP contribution in [0.25, 0.3) is 0 Å². The molecule has 0 aliphatic heterocycles. The Kier molecular flexibility index (Phi) is 4.47. The van der Waals surface area contributed by atoms with Crippen LogP contribution in [-0.4, -0.2) is 33.2 Å². The van der Waals surface area contributed by atoms with E-state index < -0.39 is 0 Å². The number of halogens is 2. The van der Waals surface area contributed by atoms with E-state index in [1.54, 1.807) is 0 Å². The average molecular weight is 278 g/mol. The van der Waals surface area contributed by atoms with Gasteiger partial charge in [-0.2, -0.15) is 4.98 Å². The second-order valence-electron chi connectivity index (χ2n) is 4.37. The van der Waals surface area contributed by atoms with Gasteiger partial charge in [-0.05, 0) is 32.4 Å². The fourth-order valence-electron chi connectivity index (χ4n) is 1.03. The van der Waals surface area contributed by atoms with Crippen molar-refractivity contribution < 1.29 is 4.79 Å². The van der Waals surface area contributed by atoms with Crippen LogP contribution in [0.5, 0.6) is 0 Å². The van der Waals surface area contributed by atoms with E-state index in [0.717, 1.165) is 0 Å². The predicted octanol–water partition coefficient (Wildman–Crippen LogP) is 1.50. The molecule has 1 rings (SSSR count). The van der Waals surface area contributed by atoms with E-state index >= 15 is 0 Å². The number of hydrogen-bond acceptors (Lipinski definition) is 5. The molecule has 1 heterocycles. The van der Waals surface area contributed by atoms with E-state index in [-0.39, 0.29) is 34.2 Å². The topological polar surface area (TPSA) is 79.8 Å². The summed E-state index contributed by atoms with van der Waals surface area (Å²) in [6.45, 7) is 5.70. The minimum absolute atomic E-state index is 0.0337. The van der Waals surface area contributed by atoms with Crippen LogP contribution < -0.4 is 10.6 Å². The summed E-state index contributed by atoms with van der Waals surface area (Å²) in [5.41, 5.74) is -0.288. The van der Waals surface area contributed by atoms with Crippen molar-refractivity contribution in [3.63, 3.8) is 0 Å². The van der Waals surface area contributed by atoms with Crippen molar-refractivity contribution in [3.8, 4) is 0 Å². The lowest BCUT2D eigenvalue weighted by Gasteiger charge is -2.20. The van der Waals surface area contributed by atoms with E-state index in [4.69, 9.17) is 23.2 Å². The van der Waals surface area contributed by atoms with Crippen LogP contribution in [0.15, 0.2) is 0 Å². The molecule has 0 radical (unpaired) electrons. The molecular weight excluding hydrogens is 265 g/mol. The highest BCUT2D eigenvalue weighted by molar-refractivity contribution is 6.32. The van der Waals surface area contributed by atoms with Crippen LogP contribution in [0.2, 0.25) is 10.4 Å². The molecular formula is C9H13Cl2N5O. The molecule has 1 aromatic heterocycles. The maximum absolute atomic E-state index is 11.5. The maximum Gasteiger partial charge on any atom is 0.245 e. The van der Waals surface area contributed by atoms with Crippen molar-refractivity contribution in [1.82, 2.24) is 20.5 Å². The molecule has 0 aliphatic rings. The third-order valence-corrected chi connectivity index (χ3v) is 1.97. The number of carbonyl (C=O) groups excluding carboxylic acids is 1. The lowest BCUT2D eigenvalue weighted by molar-refractivity contribution is -0.120. The van der Waals surface area contributed by atoms with Gasteiger partial charge in [0.15, 0.2) is 11.0 Å². The second kappa shape index (κ2) is 5.46. The van der Waals surface area contributed by atoms with Crippen LogP contribution in [0, 0.1) is 0 Å². The summed E-state index contributed by atoms with van der Waals surface area (Å²) in [6.07, 6.45) is 0. The quantitative estimate of drug-likeness (QED) is 0.876. The molecule has 8 heteroatoms. The largest absolute Gasteiger partial charge is 0.358 e. The van der Waals surface area contributed by atoms with Gasteiger partial charge in [0, 0.05) is 5.54 Å². The highest BCUT2D eigenvalue weighted by atomic mass is 35.5. The Morgan fingerprint density at radius 1 is 1.29 bits per heavy atom. The number of carbonyl (C=O) groups is 1. The second-order valence-corrected chi connectivity index (χ2v) is 5.07. The van der Waals surface area contributed by atoms with E-state index in [1.807, 2.05) is 20.8 Å². The first-order valence-corrected chi connectivity index (χ1v) is 5.64. The zero-order valence-corrected chi connectivity index (χ0v) is 11.2. The summed E-state index contributed by atoms with van der Waals surface area (Å²) in [5.74, 6) is 0.0547. The molecule has 0 spiro atoms. The summed E-state index contributed by atoms with van der Waals surface area (Å²) in [7, 11) is 0. The summed E-state index contributed by atoms with van der Waals surface area (Å²) in [6, 6.07) is 0. The van der Waals surface area contributed by atoms with Crippen LogP contribution >= 0.6 is 23.2 Å². The lowest BCUT2D eigenvalue weighted by Crippen LogP contribution is -2.43. The van der Waals surface area contributed by atoms with Gasteiger partial charge in [-0.1, -0.05) is 11.6 Å². The highest BCUT2D eigenvalue weighted by Crippen LogP contribution is 2.15. The van der Waals surface area contributed by atoms with Crippen molar-refractivity contribution in [2.45, 2.75) is 26.3 Å². The molecule has 0 aliphatic carbocycles. The standard InChI is InChI=1S/C9H13Cl2N5O/c1-9(2,3)14-5(17)4-12-7-6(10)15-16-8(11)13-7/h4H2,1-3H3,(H,14,17)(H,12,13,16). The fraction of sp³-hybridized carbons (Fsp3) is 0.556. The number of nitrogens with zero attached hydrogens (tertiary/aromatic N) is 3. The third-order valence-electron chi connectivity index (χ3n) is 1.55. The molecule has 0 fully saturated rings. The molecule has 0 aromatic carbocycles. The molecule has 94 valence electrons. The fourth-order valence-corrected chi connectivity index (χ4v) is 1.30. The van der Waals surface area contributed by atoms with Gasteiger partial charge in [0.1, 0.15) is 0 Å². The molecule has 1 aromatic rings. The maximum atomic E-state index is 11.5. The minimum atomic E-state index is -0.288. The van der Waals surface area contributed by atoms with Gasteiger partial charge in [0.05, 0.1) is 6.54 Å². The van der Waals surface area contributed by atoms with E-state index in [9.17, 15) is 4.79 Å². The van der Waals surface area contributed by atoms with Gasteiger partial charge < -0.3 is 10.6 Å². The van der Waals surface area contributed by atoms with E-state index in [0.29, 0.717) is 0 Å². The molecule has 0 bridgehead atoms. The Labute approximate surface area is 109 Å². The highest BCUT2D eigenvalue weighted by Gasteiger charge is 2.14. The monoisotopic (exact) mass is 277 g/mol. The molecule has 17 heavy (non-hydrogen) atoms. The first-order chi connectivity index (χ1) is 7.78. The summed E-state index contributed by atoms with van der Waals surface area (Å²) < 4.78 is 0. The Balaban J connectivity index is 2.56. The first kappa shape index (κ1) is 13.9. The van der Waals surface area contributed by atoms with Gasteiger partial charge in [-0.15, -0.1) is 10.2 Å². The van der Waals surface area contributed by atoms with Crippen LogP contribution in [0.3, 0.4) is 0 Å². The summed E-state index contributed by atoms with van der Waals surface area (Å²) in [4.78, 5) is 15.3. The van der Waals surface area contributed by atoms with Crippen LogP contribution in [0.1, 0.15) is 20.8 Å². The lowest BCUT2D eigenvalue weighted by atomic mass is 10.1. The van der Waals surface area contributed by atoms with E-state index in [2.05, 4.69) is 25.8 Å². The molecule has 0 unspecified atom stereocenters. The van der Waals surface area contributed by atoms with Crippen molar-refractivity contribution in [2.75, 3.05) is 11.9 Å². The average Bonchev–Trinajstić information content (AvgIpc) is 2.17. The third kappa shape index (κ3) is 5.14. The van der Waals surface area contributed by atoms with Crippen molar-refractivity contribution in [1.29, 1.82) is 0 Å². The SMILES string of the molecule is CC(C)(C)NC(=O)CNc1nc(Cl)nnc1Cl. The van der Waals surface area contributed by atoms with Gasteiger partial charge in [0.25, 0.3) is 0 Å². The molecule has 1 amide bonds. The number of aromatic nitrogens is 3. The zero-order chi connectivity index (χ0) is 13.1. The predicted molar refractivity (Wildman–Crippen MR) is 66.2 cm³/mol. The van der Waals surface area contributed by atoms with Gasteiger partial charge >= 0.3 is 0 Å². The van der Waals surface area contributed by atoms with Gasteiger partial charge in [-0.3, -0.25) is 4.79 Å². The van der Waals surface area contributed by atoms with Gasteiger partial charge in [0.2, 0.25) is 11.2 Å². The Morgan fingerprint density at radius 2 is 1.94 bits per heavy atom. The van der Waals surface area contributed by atoms with Crippen LogP contribution in [-0.2, 0) is 4.79 Å². The van der Waals surface area contributed by atoms with Crippen molar-refractivity contribution >= 4 is 34.9 Å². The molecule has 6 nitrogen and oxygen atoms in total. The Morgan fingerprint density at radius 3 is 2.53 bits per heavy atom. The number of hydrogen-bond donors (Lipinski definition) is 2. The molecule has 0 saturated carbocycles. The Hall–Kier alpha value is -1.14. The number of nitrogens with one attached hydrogen (secondary N) is 2. The van der Waals surface area contributed by atoms with E-state index in [1.165, 1.54) is 0 Å². The first-order valence-electron chi connectivity index (χ1n) is 4.88. The van der Waals surface area contributed by atoms with Crippen LogP contribution in [0.4, 0.5) is 5.82 Å². The molecule has 2 N–H and O–H groups in total. The normalized spacial score (nSPS) is 11.1. The number of anilines is 1. The summed E-state index contributed by atoms with van der Waals surface area (Å²) >= 11 is 11.3. The molecule has 0 saturated heterocycles. The number of rotatable bonds is 3.